The van der Waals surface area contributed by atoms with Crippen molar-refractivity contribution >= 4 is 21.6 Å². The summed E-state index contributed by atoms with van der Waals surface area (Å²) in [6.45, 7) is 0.680. The van der Waals surface area contributed by atoms with Crippen LogP contribution < -0.4 is 0 Å². The van der Waals surface area contributed by atoms with E-state index in [1.54, 1.807) is 0 Å². The third-order valence-electron chi connectivity index (χ3n) is 1.59. The van der Waals surface area contributed by atoms with Crippen molar-refractivity contribution in [3.63, 3.8) is 0 Å². The molecule has 1 aliphatic rings. The molecule has 1 rings (SSSR count). The van der Waals surface area contributed by atoms with Crippen LogP contribution in [0, 0.1) is 0 Å². The molecule has 0 spiro atoms. The zero-order valence-electron chi connectivity index (χ0n) is 6.78. The van der Waals surface area contributed by atoms with E-state index in [2.05, 4.69) is 0 Å². The highest BCUT2D eigenvalue weighted by Gasteiger charge is 2.30. The van der Waals surface area contributed by atoms with E-state index in [0.29, 0.717) is 18.1 Å². The molecule has 66 valence electrons. The number of hydrogen-bond acceptors (Lipinski definition) is 3. The van der Waals surface area contributed by atoms with Gasteiger partial charge in [-0.05, 0) is 14.1 Å². The Hall–Kier alpha value is 0.260. The lowest BCUT2D eigenvalue weighted by Crippen LogP contribution is -2.29. The molecular weight excluding hydrogens is 182 g/mol. The quantitative estimate of drug-likeness (QED) is 0.589. The summed E-state index contributed by atoms with van der Waals surface area (Å²) in [5.41, 5.74) is 0. The van der Waals surface area contributed by atoms with Crippen LogP contribution >= 0.6 is 0 Å². The molecule has 0 aliphatic carbocycles. The molecular formula is C6H13NO2S2. The van der Waals surface area contributed by atoms with E-state index in [4.69, 9.17) is 0 Å². The van der Waals surface area contributed by atoms with Gasteiger partial charge >= 0.3 is 0 Å². The van der Waals surface area contributed by atoms with Gasteiger partial charge in [-0.1, -0.05) is 0 Å². The number of rotatable bonds is 2. The van der Waals surface area contributed by atoms with Crippen molar-refractivity contribution < 1.29 is 8.42 Å². The molecule has 0 bridgehead atoms. The fourth-order valence-electron chi connectivity index (χ4n) is 1.01. The molecule has 0 amide bonds. The lowest BCUT2D eigenvalue weighted by Gasteiger charge is -2.13. The molecule has 0 saturated carbocycles. The third kappa shape index (κ3) is 2.35. The van der Waals surface area contributed by atoms with Crippen LogP contribution in [0.2, 0.25) is 0 Å². The maximum atomic E-state index is 11.2. The number of hydrogen-bond donors (Lipinski definition) is 0. The predicted octanol–water partition coefficient (Wildman–Crippen LogP) is -0.615. The summed E-state index contributed by atoms with van der Waals surface area (Å²) in [6, 6.07) is 0. The van der Waals surface area contributed by atoms with E-state index in [1.807, 2.05) is 19.0 Å². The second-order valence-corrected chi connectivity index (χ2v) is 6.64. The zero-order chi connectivity index (χ0) is 8.43. The fraction of sp³-hybridized carbons (Fsp3) is 1.00. The van der Waals surface area contributed by atoms with Gasteiger partial charge in [0.2, 0.25) is 0 Å². The maximum Gasteiger partial charge on any atom is 0.123 e. The molecule has 1 heterocycles. The Morgan fingerprint density at radius 2 is 1.73 bits per heavy atom. The first-order valence-corrected chi connectivity index (χ1v) is 6.27. The van der Waals surface area contributed by atoms with Crippen molar-refractivity contribution in [3.05, 3.63) is 0 Å². The first-order valence-electron chi connectivity index (χ1n) is 3.50. The van der Waals surface area contributed by atoms with E-state index in [9.17, 15) is 8.42 Å². The van der Waals surface area contributed by atoms with E-state index in [1.165, 1.54) is 0 Å². The molecule has 1 saturated heterocycles. The summed E-state index contributed by atoms with van der Waals surface area (Å²) < 4.78 is 22.3. The van der Waals surface area contributed by atoms with Crippen LogP contribution in [0.15, 0.2) is 0 Å². The standard InChI is InChI=1S/C6H13NO2S2/c1-7(2)5-6-10(8)3-4-11(6)9/h6H,3-5H2,1-2H3. The highest BCUT2D eigenvalue weighted by atomic mass is 32.3. The van der Waals surface area contributed by atoms with Gasteiger partial charge in [-0.3, -0.25) is 8.42 Å². The molecule has 0 aromatic rings. The van der Waals surface area contributed by atoms with Crippen LogP contribution in [0.4, 0.5) is 0 Å². The van der Waals surface area contributed by atoms with Crippen molar-refractivity contribution in [2.75, 3.05) is 32.1 Å². The summed E-state index contributed by atoms with van der Waals surface area (Å²) in [5.74, 6) is 1.23. The Kier molecular flexibility index (Phi) is 3.21. The summed E-state index contributed by atoms with van der Waals surface area (Å²) in [4.78, 5) is 1.94. The lowest BCUT2D eigenvalue weighted by atomic mass is 10.7. The molecule has 1 aliphatic heterocycles. The van der Waals surface area contributed by atoms with Gasteiger partial charge in [0.05, 0.1) is 0 Å². The average molecular weight is 195 g/mol. The second-order valence-electron chi connectivity index (χ2n) is 2.86. The minimum atomic E-state index is -0.853. The molecule has 1 fully saturated rings. The van der Waals surface area contributed by atoms with Crippen LogP contribution in [-0.4, -0.2) is 50.0 Å². The van der Waals surface area contributed by atoms with Gasteiger partial charge in [0.25, 0.3) is 0 Å². The molecule has 11 heavy (non-hydrogen) atoms. The second kappa shape index (κ2) is 3.78. The first kappa shape index (κ1) is 9.35. The van der Waals surface area contributed by atoms with Crippen LogP contribution in [0.1, 0.15) is 0 Å². The van der Waals surface area contributed by atoms with Gasteiger partial charge in [0, 0.05) is 39.6 Å². The minimum Gasteiger partial charge on any atom is -0.307 e. The predicted molar refractivity (Wildman–Crippen MR) is 48.4 cm³/mol. The van der Waals surface area contributed by atoms with Crippen LogP contribution in [0.3, 0.4) is 0 Å². The Morgan fingerprint density at radius 3 is 2.09 bits per heavy atom. The van der Waals surface area contributed by atoms with Gasteiger partial charge in [0.1, 0.15) is 4.58 Å². The zero-order valence-corrected chi connectivity index (χ0v) is 8.41. The van der Waals surface area contributed by atoms with Crippen molar-refractivity contribution in [2.45, 2.75) is 4.58 Å². The van der Waals surface area contributed by atoms with Gasteiger partial charge in [0.15, 0.2) is 0 Å². The normalized spacial score (nSPS) is 38.3. The average Bonchev–Trinajstić information content (AvgIpc) is 2.18. The molecule has 2 atom stereocenters. The topological polar surface area (TPSA) is 37.4 Å². The lowest BCUT2D eigenvalue weighted by molar-refractivity contribution is 0.427. The molecule has 2 unspecified atom stereocenters. The van der Waals surface area contributed by atoms with Crippen LogP contribution in [-0.2, 0) is 21.6 Å². The van der Waals surface area contributed by atoms with Crippen LogP contribution in [0.5, 0.6) is 0 Å². The molecule has 3 nitrogen and oxygen atoms in total. The van der Waals surface area contributed by atoms with E-state index in [-0.39, 0.29) is 4.58 Å². The molecule has 0 N–H and O–H groups in total. The molecule has 0 radical (unpaired) electrons. The van der Waals surface area contributed by atoms with E-state index >= 15 is 0 Å². The Bertz CT molecular complexity index is 177. The molecule has 5 heteroatoms. The van der Waals surface area contributed by atoms with Crippen LogP contribution in [0.25, 0.3) is 0 Å². The smallest absolute Gasteiger partial charge is 0.123 e. The first-order chi connectivity index (χ1) is 5.11. The van der Waals surface area contributed by atoms with Crippen molar-refractivity contribution in [1.29, 1.82) is 0 Å². The van der Waals surface area contributed by atoms with Crippen molar-refractivity contribution in [2.24, 2.45) is 0 Å². The molecule has 0 aromatic heterocycles. The van der Waals surface area contributed by atoms with Gasteiger partial charge in [-0.2, -0.15) is 0 Å². The SMILES string of the molecule is CN(C)CC1S(=O)CCS1=O. The largest absolute Gasteiger partial charge is 0.307 e. The van der Waals surface area contributed by atoms with Crippen molar-refractivity contribution in [1.82, 2.24) is 4.90 Å². The monoisotopic (exact) mass is 195 g/mol. The number of nitrogens with zero attached hydrogens (tertiary/aromatic N) is 1. The molecule has 0 aromatic carbocycles. The highest BCUT2D eigenvalue weighted by Crippen LogP contribution is 2.12. The van der Waals surface area contributed by atoms with E-state index < -0.39 is 21.6 Å². The summed E-state index contributed by atoms with van der Waals surface area (Å²) in [6.07, 6.45) is 0. The minimum absolute atomic E-state index is 0.106. The Morgan fingerprint density at radius 1 is 1.27 bits per heavy atom. The van der Waals surface area contributed by atoms with Gasteiger partial charge in [-0.25, -0.2) is 0 Å². The highest BCUT2D eigenvalue weighted by molar-refractivity contribution is 8.06. The summed E-state index contributed by atoms with van der Waals surface area (Å²) in [7, 11) is 2.11. The van der Waals surface area contributed by atoms with E-state index in [0.717, 1.165) is 0 Å². The summed E-state index contributed by atoms with van der Waals surface area (Å²) in [5, 5.41) is 0. The van der Waals surface area contributed by atoms with Gasteiger partial charge in [-0.15, -0.1) is 0 Å². The maximum absolute atomic E-state index is 11.2. The summed E-state index contributed by atoms with van der Waals surface area (Å²) >= 11 is 0. The Balaban J connectivity index is 2.55. The third-order valence-corrected chi connectivity index (χ3v) is 5.82. The Labute approximate surface area is 72.1 Å². The van der Waals surface area contributed by atoms with Crippen molar-refractivity contribution in [3.8, 4) is 0 Å². The fourth-order valence-corrected chi connectivity index (χ4v) is 5.32. The van der Waals surface area contributed by atoms with Gasteiger partial charge < -0.3 is 4.90 Å².